The van der Waals surface area contributed by atoms with Crippen molar-refractivity contribution < 1.29 is 4.74 Å². The van der Waals surface area contributed by atoms with Gasteiger partial charge in [-0.1, -0.05) is 18.2 Å². The van der Waals surface area contributed by atoms with Gasteiger partial charge in [0.2, 0.25) is 0 Å². The average molecular weight is 333 g/mol. The molecule has 0 atom stereocenters. The Morgan fingerprint density at radius 1 is 1.25 bits per heavy atom. The lowest BCUT2D eigenvalue weighted by Crippen LogP contribution is -2.15. The Balaban J connectivity index is 1.75. The lowest BCUT2D eigenvalue weighted by molar-refractivity contribution is 0.275. The van der Waals surface area contributed by atoms with Gasteiger partial charge in [-0.05, 0) is 50.8 Å². The highest BCUT2D eigenvalue weighted by Crippen LogP contribution is 2.30. The Hall–Kier alpha value is -1.52. The van der Waals surface area contributed by atoms with Crippen molar-refractivity contribution in [1.29, 1.82) is 0 Å². The Morgan fingerprint density at radius 3 is 2.80 bits per heavy atom. The summed E-state index contributed by atoms with van der Waals surface area (Å²) in [5.74, 6) is 0.864. The van der Waals surface area contributed by atoms with Gasteiger partial charge in [-0.15, -0.1) is 0 Å². The van der Waals surface area contributed by atoms with Crippen molar-refractivity contribution >= 4 is 21.6 Å². The Morgan fingerprint density at radius 2 is 2.10 bits per heavy atom. The molecule has 0 saturated heterocycles. The van der Waals surface area contributed by atoms with Crippen LogP contribution in [-0.2, 0) is 19.6 Å². The van der Waals surface area contributed by atoms with E-state index in [9.17, 15) is 0 Å². The van der Waals surface area contributed by atoms with E-state index in [4.69, 9.17) is 10.5 Å². The summed E-state index contributed by atoms with van der Waals surface area (Å²) in [4.78, 5) is 2.40. The highest BCUT2D eigenvalue weighted by atomic mass is 79.9. The van der Waals surface area contributed by atoms with E-state index in [-0.39, 0.29) is 0 Å². The molecule has 3 rings (SSSR count). The van der Waals surface area contributed by atoms with Crippen LogP contribution in [0.5, 0.6) is 5.75 Å². The summed E-state index contributed by atoms with van der Waals surface area (Å²) in [6, 6.07) is 12.4. The number of ether oxygens (including phenoxy) is 1. The molecule has 0 amide bonds. The van der Waals surface area contributed by atoms with Crippen LogP contribution in [0.15, 0.2) is 40.9 Å². The molecule has 20 heavy (non-hydrogen) atoms. The minimum absolute atomic E-state index is 0.864. The molecule has 0 saturated carbocycles. The van der Waals surface area contributed by atoms with Crippen molar-refractivity contribution in [2.24, 2.45) is 0 Å². The molecular formula is C16H17BrN2O. The molecule has 0 radical (unpaired) electrons. The first-order valence-corrected chi connectivity index (χ1v) is 7.37. The summed E-state index contributed by atoms with van der Waals surface area (Å²) in [6.45, 7) is 2.80. The Bertz CT molecular complexity index is 642. The van der Waals surface area contributed by atoms with Crippen molar-refractivity contribution in [3.05, 3.63) is 57.6 Å². The second kappa shape index (κ2) is 5.46. The molecule has 3 nitrogen and oxygen atoms in total. The van der Waals surface area contributed by atoms with E-state index in [0.717, 1.165) is 35.5 Å². The summed E-state index contributed by atoms with van der Waals surface area (Å²) in [7, 11) is 1.68. The summed E-state index contributed by atoms with van der Waals surface area (Å²) < 4.78 is 6.25. The fourth-order valence-electron chi connectivity index (χ4n) is 2.69. The van der Waals surface area contributed by atoms with Crippen LogP contribution in [0, 0.1) is 0 Å². The molecule has 2 aromatic carbocycles. The van der Waals surface area contributed by atoms with Crippen LogP contribution in [-0.4, -0.2) is 12.0 Å². The third-order valence-electron chi connectivity index (χ3n) is 3.71. The van der Waals surface area contributed by atoms with Crippen LogP contribution in [0.3, 0.4) is 0 Å². The van der Waals surface area contributed by atoms with Gasteiger partial charge in [0.1, 0.15) is 5.75 Å². The molecule has 1 aliphatic rings. The standard InChI is InChI=1S/C16H17BrN2O/c1-20-16-6-5-11(7-14(16)17)8-19-9-12-3-2-4-15(18)13(12)10-19/h2-7H,8-10,18H2,1H3. The van der Waals surface area contributed by atoms with Gasteiger partial charge in [-0.25, -0.2) is 0 Å². The van der Waals surface area contributed by atoms with Crippen LogP contribution < -0.4 is 10.5 Å². The van der Waals surface area contributed by atoms with Gasteiger partial charge in [0.25, 0.3) is 0 Å². The molecule has 104 valence electrons. The van der Waals surface area contributed by atoms with Crippen molar-refractivity contribution in [1.82, 2.24) is 4.90 Å². The largest absolute Gasteiger partial charge is 0.496 e. The Kier molecular flexibility index (Phi) is 3.68. The zero-order chi connectivity index (χ0) is 14.1. The SMILES string of the molecule is COc1ccc(CN2Cc3cccc(N)c3C2)cc1Br. The molecule has 0 spiro atoms. The maximum Gasteiger partial charge on any atom is 0.133 e. The minimum Gasteiger partial charge on any atom is -0.496 e. The number of halogens is 1. The number of anilines is 1. The number of nitrogens with zero attached hydrogens (tertiary/aromatic N) is 1. The fourth-order valence-corrected chi connectivity index (χ4v) is 3.28. The van der Waals surface area contributed by atoms with Crippen LogP contribution in [0.4, 0.5) is 5.69 Å². The molecule has 2 N–H and O–H groups in total. The second-order valence-corrected chi connectivity index (χ2v) is 5.95. The number of nitrogens with two attached hydrogens (primary N) is 1. The number of hydrogen-bond donors (Lipinski definition) is 1. The molecule has 0 aromatic heterocycles. The monoisotopic (exact) mass is 332 g/mol. The predicted octanol–water partition coefficient (Wildman–Crippen LogP) is 3.56. The molecule has 0 aliphatic carbocycles. The van der Waals surface area contributed by atoms with Crippen LogP contribution in [0.1, 0.15) is 16.7 Å². The van der Waals surface area contributed by atoms with E-state index < -0.39 is 0 Å². The van der Waals surface area contributed by atoms with Crippen molar-refractivity contribution in [2.75, 3.05) is 12.8 Å². The molecule has 0 bridgehead atoms. The molecule has 2 aromatic rings. The van der Waals surface area contributed by atoms with Gasteiger partial charge in [-0.3, -0.25) is 4.90 Å². The van der Waals surface area contributed by atoms with E-state index in [0.29, 0.717) is 0 Å². The summed E-state index contributed by atoms with van der Waals surface area (Å²) >= 11 is 3.53. The molecule has 0 unspecified atom stereocenters. The molecule has 1 heterocycles. The number of nitrogen functional groups attached to an aromatic ring is 1. The average Bonchev–Trinajstić information content (AvgIpc) is 2.83. The lowest BCUT2D eigenvalue weighted by atomic mass is 10.1. The van der Waals surface area contributed by atoms with Gasteiger partial charge in [0, 0.05) is 25.3 Å². The number of methoxy groups -OCH3 is 1. The summed E-state index contributed by atoms with van der Waals surface area (Å²) in [6.07, 6.45) is 0. The van der Waals surface area contributed by atoms with Crippen molar-refractivity contribution in [3.63, 3.8) is 0 Å². The number of hydrogen-bond acceptors (Lipinski definition) is 3. The molecule has 1 aliphatic heterocycles. The van der Waals surface area contributed by atoms with E-state index in [1.165, 1.54) is 16.7 Å². The highest BCUT2D eigenvalue weighted by Gasteiger charge is 2.20. The van der Waals surface area contributed by atoms with Gasteiger partial charge in [-0.2, -0.15) is 0 Å². The molecular weight excluding hydrogens is 316 g/mol. The summed E-state index contributed by atoms with van der Waals surface area (Å²) in [5, 5.41) is 0. The number of rotatable bonds is 3. The van der Waals surface area contributed by atoms with Gasteiger partial charge < -0.3 is 10.5 Å². The first-order valence-electron chi connectivity index (χ1n) is 6.58. The van der Waals surface area contributed by atoms with Crippen molar-refractivity contribution in [2.45, 2.75) is 19.6 Å². The van der Waals surface area contributed by atoms with E-state index in [2.05, 4.69) is 39.0 Å². The maximum absolute atomic E-state index is 6.04. The highest BCUT2D eigenvalue weighted by molar-refractivity contribution is 9.10. The quantitative estimate of drug-likeness (QED) is 0.873. The first kappa shape index (κ1) is 13.5. The smallest absolute Gasteiger partial charge is 0.133 e. The normalized spacial score (nSPS) is 14.3. The fraction of sp³-hybridized carbons (Fsp3) is 0.250. The molecule has 0 fully saturated rings. The third-order valence-corrected chi connectivity index (χ3v) is 4.33. The summed E-state index contributed by atoms with van der Waals surface area (Å²) in [5.41, 5.74) is 10.8. The van der Waals surface area contributed by atoms with E-state index in [1.807, 2.05) is 18.2 Å². The zero-order valence-electron chi connectivity index (χ0n) is 11.4. The van der Waals surface area contributed by atoms with Gasteiger partial charge >= 0.3 is 0 Å². The van der Waals surface area contributed by atoms with E-state index >= 15 is 0 Å². The number of benzene rings is 2. The van der Waals surface area contributed by atoms with Gasteiger partial charge in [0.05, 0.1) is 11.6 Å². The minimum atomic E-state index is 0.864. The predicted molar refractivity (Wildman–Crippen MR) is 84.5 cm³/mol. The van der Waals surface area contributed by atoms with Crippen LogP contribution >= 0.6 is 15.9 Å². The third kappa shape index (κ3) is 2.53. The van der Waals surface area contributed by atoms with Crippen molar-refractivity contribution in [3.8, 4) is 5.75 Å². The van der Waals surface area contributed by atoms with E-state index in [1.54, 1.807) is 7.11 Å². The number of fused-ring (bicyclic) bond motifs is 1. The van der Waals surface area contributed by atoms with Crippen LogP contribution in [0.2, 0.25) is 0 Å². The zero-order valence-corrected chi connectivity index (χ0v) is 13.0. The first-order chi connectivity index (χ1) is 9.67. The maximum atomic E-state index is 6.04. The topological polar surface area (TPSA) is 38.5 Å². The lowest BCUT2D eigenvalue weighted by Gasteiger charge is -2.15. The second-order valence-electron chi connectivity index (χ2n) is 5.10. The van der Waals surface area contributed by atoms with Crippen LogP contribution in [0.25, 0.3) is 0 Å². The molecule has 4 heteroatoms. The Labute approximate surface area is 127 Å². The van der Waals surface area contributed by atoms with Gasteiger partial charge in [0.15, 0.2) is 0 Å².